The molecule has 0 spiro atoms. The molecular formula is C33H50N4O8. The third-order valence-corrected chi connectivity index (χ3v) is 7.26. The summed E-state index contributed by atoms with van der Waals surface area (Å²) < 4.78 is 15.4. The van der Waals surface area contributed by atoms with Crippen LogP contribution in [0.1, 0.15) is 65.2 Å². The van der Waals surface area contributed by atoms with Gasteiger partial charge in [-0.2, -0.15) is 0 Å². The van der Waals surface area contributed by atoms with E-state index in [4.69, 9.17) is 13.9 Å². The molecule has 0 aliphatic carbocycles. The molecule has 0 radical (unpaired) electrons. The highest BCUT2D eigenvalue weighted by molar-refractivity contribution is 5.88. The van der Waals surface area contributed by atoms with Crippen LogP contribution in [0.3, 0.4) is 0 Å². The summed E-state index contributed by atoms with van der Waals surface area (Å²) in [6.45, 7) is 9.71. The van der Waals surface area contributed by atoms with Crippen LogP contribution in [0.4, 0.5) is 4.79 Å². The standard InChI is InChI=1S/C33H50N4O8/c1-21(2)17-27(35-31(40)26(14-16-43-6)36-33(42)45-20-25-13-10-15-44-25)28(38)18-23(5)30(39)37-29(22(3)4)32(41)34-19-24-11-8-7-9-12-24/h7-13,15,21-23,26-29,38H,14,16-20H2,1-6H3,(H,34,41)(H,35,40)(H,36,42)(H,37,39)/t23-,26+,27+,28+,29+/m1/s1. The maximum atomic E-state index is 13.3. The van der Waals surface area contributed by atoms with E-state index < -0.39 is 42.1 Å². The largest absolute Gasteiger partial charge is 0.466 e. The maximum Gasteiger partial charge on any atom is 0.408 e. The van der Waals surface area contributed by atoms with Crippen LogP contribution in [0.2, 0.25) is 0 Å². The number of aliphatic hydroxyl groups excluding tert-OH is 1. The van der Waals surface area contributed by atoms with Crippen molar-refractivity contribution < 1.29 is 38.2 Å². The van der Waals surface area contributed by atoms with Crippen molar-refractivity contribution in [1.82, 2.24) is 21.3 Å². The summed E-state index contributed by atoms with van der Waals surface area (Å²) in [7, 11) is 1.48. The Morgan fingerprint density at radius 3 is 2.18 bits per heavy atom. The first kappa shape index (κ1) is 37.3. The molecule has 0 aliphatic rings. The van der Waals surface area contributed by atoms with Crippen LogP contribution in [-0.4, -0.2) is 66.9 Å². The van der Waals surface area contributed by atoms with Crippen molar-refractivity contribution in [3.63, 3.8) is 0 Å². The Morgan fingerprint density at radius 1 is 0.867 bits per heavy atom. The molecular weight excluding hydrogens is 580 g/mol. The fourth-order valence-corrected chi connectivity index (χ4v) is 4.68. The van der Waals surface area contributed by atoms with Gasteiger partial charge < -0.3 is 40.3 Å². The summed E-state index contributed by atoms with van der Waals surface area (Å²) in [6, 6.07) is 10.4. The van der Waals surface area contributed by atoms with E-state index in [0.29, 0.717) is 18.7 Å². The van der Waals surface area contributed by atoms with Crippen LogP contribution in [0.5, 0.6) is 0 Å². The molecule has 0 aliphatic heterocycles. The monoisotopic (exact) mass is 630 g/mol. The summed E-state index contributed by atoms with van der Waals surface area (Å²) in [6.07, 6.45) is 0.225. The molecule has 12 nitrogen and oxygen atoms in total. The number of nitrogens with one attached hydrogen (secondary N) is 4. The Kier molecular flexibility index (Phi) is 16.1. The van der Waals surface area contributed by atoms with E-state index in [1.165, 1.54) is 13.4 Å². The number of ether oxygens (including phenoxy) is 2. The molecule has 0 saturated heterocycles. The second kappa shape index (κ2) is 19.5. The number of rotatable bonds is 19. The number of hydrogen-bond donors (Lipinski definition) is 5. The van der Waals surface area contributed by atoms with Gasteiger partial charge in [-0.25, -0.2) is 4.79 Å². The van der Waals surface area contributed by atoms with Crippen LogP contribution < -0.4 is 21.3 Å². The molecule has 250 valence electrons. The van der Waals surface area contributed by atoms with Gasteiger partial charge >= 0.3 is 6.09 Å². The van der Waals surface area contributed by atoms with Gasteiger partial charge in [-0.3, -0.25) is 14.4 Å². The number of amides is 4. The van der Waals surface area contributed by atoms with Crippen molar-refractivity contribution in [3.05, 3.63) is 60.1 Å². The van der Waals surface area contributed by atoms with E-state index in [1.54, 1.807) is 19.1 Å². The Hall–Kier alpha value is -3.90. The van der Waals surface area contributed by atoms with Gasteiger partial charge in [-0.05, 0) is 42.4 Å². The second-order valence-electron chi connectivity index (χ2n) is 12.0. The molecule has 0 saturated carbocycles. The van der Waals surface area contributed by atoms with Crippen molar-refractivity contribution in [1.29, 1.82) is 0 Å². The number of hydrogen-bond acceptors (Lipinski definition) is 8. The van der Waals surface area contributed by atoms with Gasteiger partial charge in [-0.15, -0.1) is 0 Å². The van der Waals surface area contributed by atoms with Crippen LogP contribution in [0.25, 0.3) is 0 Å². The number of aliphatic hydroxyl groups is 1. The second-order valence-corrected chi connectivity index (χ2v) is 12.0. The van der Waals surface area contributed by atoms with E-state index in [2.05, 4.69) is 21.3 Å². The topological polar surface area (TPSA) is 168 Å². The zero-order chi connectivity index (χ0) is 33.4. The molecule has 45 heavy (non-hydrogen) atoms. The van der Waals surface area contributed by atoms with E-state index in [-0.39, 0.29) is 49.7 Å². The van der Waals surface area contributed by atoms with E-state index in [9.17, 15) is 24.3 Å². The number of alkyl carbamates (subject to hydrolysis) is 1. The summed E-state index contributed by atoms with van der Waals surface area (Å²) in [5, 5.41) is 22.3. The zero-order valence-electron chi connectivity index (χ0n) is 27.2. The maximum absolute atomic E-state index is 13.3. The van der Waals surface area contributed by atoms with Gasteiger partial charge in [-0.1, -0.05) is 65.0 Å². The Balaban J connectivity index is 2.00. The van der Waals surface area contributed by atoms with Gasteiger partial charge in [0.05, 0.1) is 18.4 Å². The quantitative estimate of drug-likeness (QED) is 0.158. The van der Waals surface area contributed by atoms with Gasteiger partial charge in [0.1, 0.15) is 17.8 Å². The zero-order valence-corrected chi connectivity index (χ0v) is 27.2. The average Bonchev–Trinajstić information content (AvgIpc) is 3.53. The minimum Gasteiger partial charge on any atom is -0.466 e. The van der Waals surface area contributed by atoms with E-state index in [0.717, 1.165) is 5.56 Å². The number of carbonyl (C=O) groups is 4. The molecule has 0 unspecified atom stereocenters. The first-order valence-corrected chi connectivity index (χ1v) is 15.5. The molecule has 4 amide bonds. The van der Waals surface area contributed by atoms with Crippen molar-refractivity contribution in [2.24, 2.45) is 17.8 Å². The van der Waals surface area contributed by atoms with Crippen molar-refractivity contribution >= 4 is 23.8 Å². The summed E-state index contributed by atoms with van der Waals surface area (Å²) in [5.74, 6) is -1.46. The fourth-order valence-electron chi connectivity index (χ4n) is 4.68. The van der Waals surface area contributed by atoms with E-state index in [1.807, 2.05) is 58.0 Å². The van der Waals surface area contributed by atoms with Crippen LogP contribution in [0.15, 0.2) is 53.1 Å². The fraction of sp³-hybridized carbons (Fsp3) is 0.576. The molecule has 0 fully saturated rings. The van der Waals surface area contributed by atoms with Gasteiger partial charge in [0.15, 0.2) is 6.61 Å². The first-order chi connectivity index (χ1) is 21.4. The third kappa shape index (κ3) is 13.7. The Labute approximate surface area is 266 Å². The average molecular weight is 631 g/mol. The summed E-state index contributed by atoms with van der Waals surface area (Å²) in [4.78, 5) is 51.8. The molecule has 1 aromatic carbocycles. The Morgan fingerprint density at radius 2 is 1.58 bits per heavy atom. The molecule has 5 atom stereocenters. The van der Waals surface area contributed by atoms with Crippen molar-refractivity contribution in [2.45, 2.75) is 91.3 Å². The normalized spacial score (nSPS) is 14.6. The lowest BCUT2D eigenvalue weighted by Gasteiger charge is -2.30. The SMILES string of the molecule is COCC[C@H](NC(=O)OCc1ccco1)C(=O)N[C@@H](CC(C)C)[C@@H](O)C[C@@H](C)C(=O)N[C@H](C(=O)NCc1ccccc1)C(C)C. The molecule has 1 aromatic heterocycles. The van der Waals surface area contributed by atoms with Crippen LogP contribution >= 0.6 is 0 Å². The molecule has 12 heteroatoms. The highest BCUT2D eigenvalue weighted by Crippen LogP contribution is 2.17. The number of carbonyl (C=O) groups excluding carboxylic acids is 4. The predicted octanol–water partition coefficient (Wildman–Crippen LogP) is 3.29. The first-order valence-electron chi connectivity index (χ1n) is 15.5. The van der Waals surface area contributed by atoms with Crippen molar-refractivity contribution in [2.75, 3.05) is 13.7 Å². The summed E-state index contributed by atoms with van der Waals surface area (Å²) >= 11 is 0. The Bertz CT molecular complexity index is 1170. The van der Waals surface area contributed by atoms with Gasteiger partial charge in [0.2, 0.25) is 17.7 Å². The van der Waals surface area contributed by atoms with Gasteiger partial charge in [0, 0.05) is 32.6 Å². The van der Waals surface area contributed by atoms with E-state index >= 15 is 0 Å². The van der Waals surface area contributed by atoms with Gasteiger partial charge in [0.25, 0.3) is 0 Å². The lowest BCUT2D eigenvalue weighted by molar-refractivity contribution is -0.132. The van der Waals surface area contributed by atoms with Crippen LogP contribution in [-0.2, 0) is 37.0 Å². The highest BCUT2D eigenvalue weighted by Gasteiger charge is 2.31. The lowest BCUT2D eigenvalue weighted by atomic mass is 9.91. The smallest absolute Gasteiger partial charge is 0.408 e. The minimum absolute atomic E-state index is 0.0430. The summed E-state index contributed by atoms with van der Waals surface area (Å²) in [5.41, 5.74) is 0.944. The third-order valence-electron chi connectivity index (χ3n) is 7.26. The highest BCUT2D eigenvalue weighted by atomic mass is 16.6. The van der Waals surface area contributed by atoms with Crippen molar-refractivity contribution in [3.8, 4) is 0 Å². The predicted molar refractivity (Wildman–Crippen MR) is 169 cm³/mol. The molecule has 2 aromatic rings. The molecule has 1 heterocycles. The minimum atomic E-state index is -1.07. The molecule has 2 rings (SSSR count). The molecule has 0 bridgehead atoms. The number of furan rings is 1. The van der Waals surface area contributed by atoms with Crippen LogP contribution in [0, 0.1) is 17.8 Å². The number of benzene rings is 1. The lowest BCUT2D eigenvalue weighted by Crippen LogP contribution is -2.54. The number of methoxy groups -OCH3 is 1. The molecule has 5 N–H and O–H groups in total.